The summed E-state index contributed by atoms with van der Waals surface area (Å²) in [4.78, 5) is 11.6. The zero-order chi connectivity index (χ0) is 12.1. The Bertz CT molecular complexity index is 365. The third kappa shape index (κ3) is 2.18. The molecule has 0 saturated carbocycles. The van der Waals surface area contributed by atoms with Crippen molar-refractivity contribution >= 4 is 5.91 Å². The first-order valence-electron chi connectivity index (χ1n) is 4.55. The van der Waals surface area contributed by atoms with Crippen LogP contribution in [0.5, 0.6) is 17.2 Å². The van der Waals surface area contributed by atoms with Gasteiger partial charge in [-0.25, -0.2) is 0 Å². The molecule has 5 nitrogen and oxygen atoms in total. The minimum atomic E-state index is -0.378. The number of hydrogen-bond donors (Lipinski definition) is 1. The van der Waals surface area contributed by atoms with Gasteiger partial charge in [-0.3, -0.25) is 4.79 Å². The summed E-state index contributed by atoms with van der Waals surface area (Å²) in [7, 11) is 7.77. The molecule has 0 aliphatic rings. The molecule has 1 amide bonds. The number of nitrogens with one attached hydrogen (secondary N) is 1. The highest BCUT2D eigenvalue weighted by atomic mass is 16.5. The van der Waals surface area contributed by atoms with Crippen molar-refractivity contribution in [2.45, 2.75) is 0 Å². The van der Waals surface area contributed by atoms with Crippen LogP contribution in [0.25, 0.3) is 0 Å². The van der Waals surface area contributed by atoms with Gasteiger partial charge in [0.2, 0.25) is 0 Å². The van der Waals surface area contributed by atoms with E-state index >= 15 is 0 Å². The molecule has 5 heteroatoms. The first-order valence-corrected chi connectivity index (χ1v) is 4.55. The first kappa shape index (κ1) is 12.2. The normalized spacial score (nSPS) is 9.50. The summed E-state index contributed by atoms with van der Waals surface area (Å²) in [5.74, 6) is 0.917. The molecule has 0 aromatic heterocycles. The van der Waals surface area contributed by atoms with Crippen LogP contribution in [0.4, 0.5) is 0 Å². The Morgan fingerprint density at radius 2 is 1.62 bits per heavy atom. The SMILES string of the molecule is [CH2]NC(=O)c1c(OC)cc(OC)cc1OC. The maximum Gasteiger partial charge on any atom is 0.258 e. The summed E-state index contributed by atoms with van der Waals surface area (Å²) in [6, 6.07) is 3.21. The molecule has 0 heterocycles. The van der Waals surface area contributed by atoms with E-state index in [1.165, 1.54) is 21.3 Å². The fourth-order valence-corrected chi connectivity index (χ4v) is 1.32. The molecule has 87 valence electrons. The molecule has 0 aliphatic carbocycles. The fourth-order valence-electron chi connectivity index (χ4n) is 1.32. The number of carbonyl (C=O) groups is 1. The van der Waals surface area contributed by atoms with E-state index in [9.17, 15) is 4.79 Å². The molecular formula is C11H14NO4. The van der Waals surface area contributed by atoms with Crippen molar-refractivity contribution in [2.24, 2.45) is 0 Å². The van der Waals surface area contributed by atoms with Gasteiger partial charge in [-0.15, -0.1) is 0 Å². The summed E-state index contributed by atoms with van der Waals surface area (Å²) >= 11 is 0. The smallest absolute Gasteiger partial charge is 0.258 e. The van der Waals surface area contributed by atoms with Crippen molar-refractivity contribution in [1.29, 1.82) is 0 Å². The third-order valence-corrected chi connectivity index (χ3v) is 2.10. The first-order chi connectivity index (χ1) is 7.67. The minimum absolute atomic E-state index is 0.292. The molecule has 0 saturated heterocycles. The van der Waals surface area contributed by atoms with E-state index in [1.807, 2.05) is 0 Å². The quantitative estimate of drug-likeness (QED) is 0.835. The van der Waals surface area contributed by atoms with Gasteiger partial charge in [0.15, 0.2) is 0 Å². The highest BCUT2D eigenvalue weighted by Crippen LogP contribution is 2.33. The van der Waals surface area contributed by atoms with Crippen LogP contribution in [0.15, 0.2) is 12.1 Å². The largest absolute Gasteiger partial charge is 0.496 e. The van der Waals surface area contributed by atoms with Crippen molar-refractivity contribution in [3.05, 3.63) is 24.7 Å². The van der Waals surface area contributed by atoms with E-state index in [2.05, 4.69) is 12.4 Å². The number of rotatable bonds is 4. The van der Waals surface area contributed by atoms with Crippen LogP contribution in [-0.2, 0) is 0 Å². The summed E-state index contributed by atoms with van der Waals surface area (Å²) < 4.78 is 15.3. The molecule has 1 N–H and O–H groups in total. The topological polar surface area (TPSA) is 56.8 Å². The second kappa shape index (κ2) is 5.25. The Morgan fingerprint density at radius 1 is 1.12 bits per heavy atom. The second-order valence-corrected chi connectivity index (χ2v) is 2.91. The lowest BCUT2D eigenvalue weighted by molar-refractivity contribution is 0.0962. The summed E-state index contributed by atoms with van der Waals surface area (Å²) in [5.41, 5.74) is 0.292. The Hall–Kier alpha value is -1.91. The highest BCUT2D eigenvalue weighted by molar-refractivity contribution is 6.00. The zero-order valence-corrected chi connectivity index (χ0v) is 9.49. The van der Waals surface area contributed by atoms with Crippen LogP contribution in [0.3, 0.4) is 0 Å². The number of benzene rings is 1. The molecule has 0 unspecified atom stereocenters. The van der Waals surface area contributed by atoms with Crippen molar-refractivity contribution in [3.63, 3.8) is 0 Å². The van der Waals surface area contributed by atoms with Gasteiger partial charge in [0, 0.05) is 19.2 Å². The zero-order valence-electron chi connectivity index (χ0n) is 9.49. The second-order valence-electron chi connectivity index (χ2n) is 2.91. The van der Waals surface area contributed by atoms with E-state index in [1.54, 1.807) is 12.1 Å². The standard InChI is InChI=1S/C11H14NO4/c1-12-11(13)10-8(15-3)5-7(14-2)6-9(10)16-4/h5-6H,1H2,2-4H3,(H,12,13). The average Bonchev–Trinajstić information content (AvgIpc) is 2.35. The molecule has 0 aliphatic heterocycles. The van der Waals surface area contributed by atoms with Crippen LogP contribution < -0.4 is 19.5 Å². The molecule has 0 atom stereocenters. The van der Waals surface area contributed by atoms with E-state index in [-0.39, 0.29) is 5.91 Å². The van der Waals surface area contributed by atoms with Crippen molar-refractivity contribution < 1.29 is 19.0 Å². The van der Waals surface area contributed by atoms with Crippen LogP contribution >= 0.6 is 0 Å². The molecule has 0 fully saturated rings. The maximum absolute atomic E-state index is 11.6. The van der Waals surface area contributed by atoms with Gasteiger partial charge in [0.05, 0.1) is 21.3 Å². The fraction of sp³-hybridized carbons (Fsp3) is 0.273. The molecule has 1 rings (SSSR count). The van der Waals surface area contributed by atoms with Crippen molar-refractivity contribution in [3.8, 4) is 17.2 Å². The monoisotopic (exact) mass is 224 g/mol. The lowest BCUT2D eigenvalue weighted by atomic mass is 10.1. The van der Waals surface area contributed by atoms with Crippen LogP contribution in [0, 0.1) is 7.05 Å². The van der Waals surface area contributed by atoms with E-state index in [0.717, 1.165) is 0 Å². The number of amides is 1. The predicted molar refractivity (Wildman–Crippen MR) is 58.9 cm³/mol. The van der Waals surface area contributed by atoms with Gasteiger partial charge in [-0.2, -0.15) is 0 Å². The van der Waals surface area contributed by atoms with Gasteiger partial charge in [0.25, 0.3) is 5.91 Å². The van der Waals surface area contributed by atoms with Crippen LogP contribution in [0.1, 0.15) is 10.4 Å². The lowest BCUT2D eigenvalue weighted by Gasteiger charge is -2.13. The Labute approximate surface area is 94.3 Å². The van der Waals surface area contributed by atoms with E-state index in [4.69, 9.17) is 14.2 Å². The molecular weight excluding hydrogens is 210 g/mol. The number of carbonyl (C=O) groups excluding carboxylic acids is 1. The van der Waals surface area contributed by atoms with Crippen LogP contribution in [-0.4, -0.2) is 27.2 Å². The van der Waals surface area contributed by atoms with Crippen molar-refractivity contribution in [1.82, 2.24) is 5.32 Å². The average molecular weight is 224 g/mol. The maximum atomic E-state index is 11.6. The summed E-state index contributed by atoms with van der Waals surface area (Å²) in [5, 5.41) is 2.28. The number of ether oxygens (including phenoxy) is 3. The Kier molecular flexibility index (Phi) is 3.99. The third-order valence-electron chi connectivity index (χ3n) is 2.10. The van der Waals surface area contributed by atoms with Gasteiger partial charge in [0.1, 0.15) is 22.8 Å². The molecule has 16 heavy (non-hydrogen) atoms. The molecule has 0 spiro atoms. The molecule has 1 aromatic rings. The number of methoxy groups -OCH3 is 3. The predicted octanol–water partition coefficient (Wildman–Crippen LogP) is 1.23. The van der Waals surface area contributed by atoms with Gasteiger partial charge < -0.3 is 19.5 Å². The van der Waals surface area contributed by atoms with E-state index < -0.39 is 0 Å². The summed E-state index contributed by atoms with van der Waals surface area (Å²) in [6.07, 6.45) is 0. The molecule has 0 bridgehead atoms. The lowest BCUT2D eigenvalue weighted by Crippen LogP contribution is -2.17. The minimum Gasteiger partial charge on any atom is -0.496 e. The molecule has 1 aromatic carbocycles. The highest BCUT2D eigenvalue weighted by Gasteiger charge is 2.18. The van der Waals surface area contributed by atoms with Crippen LogP contribution in [0.2, 0.25) is 0 Å². The molecule has 1 radical (unpaired) electrons. The van der Waals surface area contributed by atoms with Gasteiger partial charge in [-0.05, 0) is 0 Å². The van der Waals surface area contributed by atoms with Crippen molar-refractivity contribution in [2.75, 3.05) is 21.3 Å². The Balaban J connectivity index is 3.37. The van der Waals surface area contributed by atoms with Gasteiger partial charge >= 0.3 is 0 Å². The van der Waals surface area contributed by atoms with E-state index in [0.29, 0.717) is 22.8 Å². The Morgan fingerprint density at radius 3 is 1.94 bits per heavy atom. The summed E-state index contributed by atoms with van der Waals surface area (Å²) in [6.45, 7) is 0. The number of hydrogen-bond acceptors (Lipinski definition) is 4. The van der Waals surface area contributed by atoms with Gasteiger partial charge in [-0.1, -0.05) is 0 Å².